The molecule has 2 aromatic rings. The van der Waals surface area contributed by atoms with E-state index in [1.807, 2.05) is 6.07 Å². The first-order valence-electron chi connectivity index (χ1n) is 6.60. The predicted octanol–water partition coefficient (Wildman–Crippen LogP) is 3.51. The number of rotatable bonds is 6. The molecule has 1 heterocycles. The number of aromatic nitrogens is 2. The maximum absolute atomic E-state index is 14.0. The number of benzene rings is 1. The van der Waals surface area contributed by atoms with Gasteiger partial charge in [-0.15, -0.1) is 0 Å². The summed E-state index contributed by atoms with van der Waals surface area (Å²) in [5, 5.41) is 3.90. The van der Waals surface area contributed by atoms with Gasteiger partial charge < -0.3 is 5.32 Å². The third kappa shape index (κ3) is 4.28. The molecule has 2 rings (SSSR count). The molecule has 106 valence electrons. The molecule has 0 aliphatic carbocycles. The maximum atomic E-state index is 14.0. The number of nitrogens with one attached hydrogen (secondary N) is 1. The van der Waals surface area contributed by atoms with Gasteiger partial charge in [0.1, 0.15) is 5.82 Å². The lowest BCUT2D eigenvalue weighted by Gasteiger charge is -2.12. The molecular weight excluding hydrogens is 273 g/mol. The SMILES string of the molecule is CC(C)CNCc1c(F)cccc1Sc1ncccn1. The van der Waals surface area contributed by atoms with Crippen LogP contribution in [-0.2, 0) is 6.54 Å². The quantitative estimate of drug-likeness (QED) is 0.827. The van der Waals surface area contributed by atoms with Crippen LogP contribution in [0.5, 0.6) is 0 Å². The second kappa shape index (κ2) is 7.36. The van der Waals surface area contributed by atoms with E-state index in [4.69, 9.17) is 0 Å². The van der Waals surface area contributed by atoms with E-state index in [9.17, 15) is 4.39 Å². The fourth-order valence-electron chi connectivity index (χ4n) is 1.73. The smallest absolute Gasteiger partial charge is 0.192 e. The Balaban J connectivity index is 2.13. The summed E-state index contributed by atoms with van der Waals surface area (Å²) in [5.74, 6) is 0.345. The third-order valence-corrected chi connectivity index (χ3v) is 3.67. The first kappa shape index (κ1) is 14.9. The van der Waals surface area contributed by atoms with Gasteiger partial charge in [0.2, 0.25) is 0 Å². The molecule has 1 N–H and O–H groups in total. The number of halogens is 1. The van der Waals surface area contributed by atoms with E-state index in [0.717, 1.165) is 11.4 Å². The van der Waals surface area contributed by atoms with Gasteiger partial charge in [-0.1, -0.05) is 19.9 Å². The molecule has 0 unspecified atom stereocenters. The molecule has 0 aliphatic rings. The topological polar surface area (TPSA) is 37.8 Å². The van der Waals surface area contributed by atoms with Gasteiger partial charge in [-0.25, -0.2) is 14.4 Å². The van der Waals surface area contributed by atoms with E-state index in [2.05, 4.69) is 29.1 Å². The van der Waals surface area contributed by atoms with Gasteiger partial charge in [-0.05, 0) is 42.4 Å². The summed E-state index contributed by atoms with van der Waals surface area (Å²) in [7, 11) is 0. The van der Waals surface area contributed by atoms with Gasteiger partial charge in [0.15, 0.2) is 5.16 Å². The first-order valence-corrected chi connectivity index (χ1v) is 7.41. The van der Waals surface area contributed by atoms with Crippen molar-refractivity contribution in [2.45, 2.75) is 30.4 Å². The van der Waals surface area contributed by atoms with Gasteiger partial charge >= 0.3 is 0 Å². The van der Waals surface area contributed by atoms with E-state index >= 15 is 0 Å². The monoisotopic (exact) mass is 291 g/mol. The van der Waals surface area contributed by atoms with Crippen molar-refractivity contribution in [2.75, 3.05) is 6.54 Å². The van der Waals surface area contributed by atoms with Crippen LogP contribution in [0.1, 0.15) is 19.4 Å². The lowest BCUT2D eigenvalue weighted by molar-refractivity contribution is 0.530. The minimum absolute atomic E-state index is 0.192. The lowest BCUT2D eigenvalue weighted by Crippen LogP contribution is -2.20. The minimum Gasteiger partial charge on any atom is -0.312 e. The Labute approximate surface area is 123 Å². The average molecular weight is 291 g/mol. The Bertz CT molecular complexity index is 546. The molecule has 0 saturated carbocycles. The molecule has 0 saturated heterocycles. The number of hydrogen-bond acceptors (Lipinski definition) is 4. The Kier molecular flexibility index (Phi) is 5.49. The van der Waals surface area contributed by atoms with Crippen molar-refractivity contribution in [1.82, 2.24) is 15.3 Å². The summed E-state index contributed by atoms with van der Waals surface area (Å²) in [4.78, 5) is 9.18. The van der Waals surface area contributed by atoms with Gasteiger partial charge in [0.25, 0.3) is 0 Å². The van der Waals surface area contributed by atoms with E-state index in [0.29, 0.717) is 23.2 Å². The molecule has 20 heavy (non-hydrogen) atoms. The van der Waals surface area contributed by atoms with E-state index in [1.165, 1.54) is 17.8 Å². The summed E-state index contributed by atoms with van der Waals surface area (Å²) in [6.07, 6.45) is 3.37. The van der Waals surface area contributed by atoms with Crippen LogP contribution in [0.4, 0.5) is 4.39 Å². The largest absolute Gasteiger partial charge is 0.312 e. The van der Waals surface area contributed by atoms with Crippen LogP contribution in [0.2, 0.25) is 0 Å². The average Bonchev–Trinajstić information content (AvgIpc) is 2.43. The molecular formula is C15H18FN3S. The summed E-state index contributed by atoms with van der Waals surface area (Å²) in [6, 6.07) is 6.87. The predicted molar refractivity (Wildman–Crippen MR) is 79.1 cm³/mol. The molecule has 5 heteroatoms. The molecule has 0 bridgehead atoms. The Morgan fingerprint density at radius 1 is 1.20 bits per heavy atom. The van der Waals surface area contributed by atoms with E-state index < -0.39 is 0 Å². The van der Waals surface area contributed by atoms with Crippen LogP contribution in [0, 0.1) is 11.7 Å². The highest BCUT2D eigenvalue weighted by molar-refractivity contribution is 7.99. The van der Waals surface area contributed by atoms with E-state index in [1.54, 1.807) is 24.5 Å². The standard InChI is InChI=1S/C15H18FN3S/c1-11(2)9-17-10-12-13(16)5-3-6-14(12)20-15-18-7-4-8-19-15/h3-8,11,17H,9-10H2,1-2H3. The lowest BCUT2D eigenvalue weighted by atomic mass is 10.2. The Morgan fingerprint density at radius 3 is 2.65 bits per heavy atom. The fourth-order valence-corrected chi connectivity index (χ4v) is 2.59. The van der Waals surface area contributed by atoms with Gasteiger partial charge in [-0.3, -0.25) is 0 Å². The molecule has 1 aromatic heterocycles. The summed E-state index contributed by atoms with van der Waals surface area (Å²) >= 11 is 1.38. The van der Waals surface area contributed by atoms with Gasteiger partial charge in [-0.2, -0.15) is 0 Å². The van der Waals surface area contributed by atoms with Crippen LogP contribution >= 0.6 is 11.8 Å². The molecule has 0 spiro atoms. The molecule has 3 nitrogen and oxygen atoms in total. The fraction of sp³-hybridized carbons (Fsp3) is 0.333. The van der Waals surface area contributed by atoms with Crippen molar-refractivity contribution in [2.24, 2.45) is 5.92 Å². The molecule has 1 aromatic carbocycles. The van der Waals surface area contributed by atoms with Gasteiger partial charge in [0, 0.05) is 29.4 Å². The second-order valence-corrected chi connectivity index (χ2v) is 5.88. The second-order valence-electron chi connectivity index (χ2n) is 4.87. The Morgan fingerprint density at radius 2 is 1.95 bits per heavy atom. The van der Waals surface area contributed by atoms with Crippen molar-refractivity contribution in [3.63, 3.8) is 0 Å². The first-order chi connectivity index (χ1) is 9.66. The van der Waals surface area contributed by atoms with Crippen LogP contribution in [0.3, 0.4) is 0 Å². The minimum atomic E-state index is -0.192. The van der Waals surface area contributed by atoms with Crippen LogP contribution in [0.15, 0.2) is 46.7 Å². The van der Waals surface area contributed by atoms with Crippen molar-refractivity contribution in [3.05, 3.63) is 48.0 Å². The number of hydrogen-bond donors (Lipinski definition) is 1. The van der Waals surface area contributed by atoms with Crippen LogP contribution in [-0.4, -0.2) is 16.5 Å². The summed E-state index contributed by atoms with van der Waals surface area (Å²) in [6.45, 7) is 5.63. The van der Waals surface area contributed by atoms with Crippen LogP contribution < -0.4 is 5.32 Å². The number of nitrogens with zero attached hydrogens (tertiary/aromatic N) is 2. The molecule has 0 atom stereocenters. The zero-order chi connectivity index (χ0) is 14.4. The maximum Gasteiger partial charge on any atom is 0.192 e. The third-order valence-electron chi connectivity index (χ3n) is 2.67. The highest BCUT2D eigenvalue weighted by atomic mass is 32.2. The van der Waals surface area contributed by atoms with Gasteiger partial charge in [0.05, 0.1) is 0 Å². The summed E-state index contributed by atoms with van der Waals surface area (Å²) in [5.41, 5.74) is 0.672. The van der Waals surface area contributed by atoms with Crippen molar-refractivity contribution in [3.8, 4) is 0 Å². The highest BCUT2D eigenvalue weighted by Gasteiger charge is 2.10. The normalized spacial score (nSPS) is 11.0. The molecule has 0 aliphatic heterocycles. The van der Waals surface area contributed by atoms with Crippen molar-refractivity contribution in [1.29, 1.82) is 0 Å². The molecule has 0 radical (unpaired) electrons. The molecule has 0 fully saturated rings. The highest BCUT2D eigenvalue weighted by Crippen LogP contribution is 2.29. The zero-order valence-electron chi connectivity index (χ0n) is 11.6. The van der Waals surface area contributed by atoms with Crippen molar-refractivity contribution >= 4 is 11.8 Å². The Hall–Kier alpha value is -1.46. The zero-order valence-corrected chi connectivity index (χ0v) is 12.5. The molecule has 0 amide bonds. The van der Waals surface area contributed by atoms with Crippen molar-refractivity contribution < 1.29 is 4.39 Å². The summed E-state index contributed by atoms with van der Waals surface area (Å²) < 4.78 is 14.0. The van der Waals surface area contributed by atoms with Crippen LogP contribution in [0.25, 0.3) is 0 Å². The van der Waals surface area contributed by atoms with E-state index in [-0.39, 0.29) is 5.82 Å².